The van der Waals surface area contributed by atoms with Crippen LogP contribution in [0.5, 0.6) is 5.75 Å². The second-order valence-corrected chi connectivity index (χ2v) is 9.73. The number of nitrogens with zero attached hydrogens (tertiary/aromatic N) is 1. The van der Waals surface area contributed by atoms with Crippen LogP contribution in [0.15, 0.2) is 24.3 Å². The largest absolute Gasteiger partial charge is 0.497 e. The molecule has 1 saturated heterocycles. The van der Waals surface area contributed by atoms with E-state index in [0.29, 0.717) is 18.9 Å². The second kappa shape index (κ2) is 10.5. The Morgan fingerprint density at radius 1 is 1.21 bits per heavy atom. The van der Waals surface area contributed by atoms with Gasteiger partial charge in [-0.2, -0.15) is 0 Å². The van der Waals surface area contributed by atoms with Crippen molar-refractivity contribution >= 4 is 5.91 Å². The molecule has 0 radical (unpaired) electrons. The van der Waals surface area contributed by atoms with E-state index in [1.807, 2.05) is 24.0 Å². The Labute approximate surface area is 178 Å². The van der Waals surface area contributed by atoms with E-state index in [2.05, 4.69) is 39.8 Å². The van der Waals surface area contributed by atoms with Gasteiger partial charge in [0.25, 0.3) is 0 Å². The summed E-state index contributed by atoms with van der Waals surface area (Å²) in [7, 11) is 1.67. The van der Waals surface area contributed by atoms with Gasteiger partial charge >= 0.3 is 0 Å². The van der Waals surface area contributed by atoms with Crippen LogP contribution in [0.2, 0.25) is 0 Å². The van der Waals surface area contributed by atoms with Crippen LogP contribution in [0, 0.1) is 11.3 Å². The highest BCUT2D eigenvalue weighted by Gasteiger charge is 2.40. The van der Waals surface area contributed by atoms with E-state index in [-0.39, 0.29) is 16.9 Å². The molecule has 1 fully saturated rings. The predicted octanol–water partition coefficient (Wildman–Crippen LogP) is 5.84. The first kappa shape index (κ1) is 23.7. The quantitative estimate of drug-likeness (QED) is 0.493. The van der Waals surface area contributed by atoms with E-state index in [1.165, 1.54) is 12.8 Å². The summed E-state index contributed by atoms with van der Waals surface area (Å²) < 4.78 is 11.3. The lowest BCUT2D eigenvalue weighted by Crippen LogP contribution is -2.43. The lowest BCUT2D eigenvalue weighted by atomic mass is 9.68. The Balaban J connectivity index is 2.11. The molecule has 1 heterocycles. The summed E-state index contributed by atoms with van der Waals surface area (Å²) in [4.78, 5) is 14.7. The molecule has 1 amide bonds. The number of carbonyl (C=O) groups is 1. The molecule has 4 nitrogen and oxygen atoms in total. The predicted molar refractivity (Wildman–Crippen MR) is 119 cm³/mol. The van der Waals surface area contributed by atoms with Gasteiger partial charge in [0.15, 0.2) is 0 Å². The van der Waals surface area contributed by atoms with E-state index >= 15 is 0 Å². The zero-order valence-electron chi connectivity index (χ0n) is 19.4. The van der Waals surface area contributed by atoms with Crippen LogP contribution in [0.1, 0.15) is 78.7 Å². The zero-order valence-corrected chi connectivity index (χ0v) is 19.4. The molecule has 1 aromatic rings. The topological polar surface area (TPSA) is 38.8 Å². The van der Waals surface area contributed by atoms with Gasteiger partial charge in [-0.05, 0) is 68.6 Å². The van der Waals surface area contributed by atoms with Gasteiger partial charge in [0.1, 0.15) is 5.75 Å². The van der Waals surface area contributed by atoms with E-state index in [1.54, 1.807) is 7.11 Å². The maximum atomic E-state index is 12.7. The molecule has 1 aromatic carbocycles. The van der Waals surface area contributed by atoms with Crippen molar-refractivity contribution in [3.8, 4) is 5.75 Å². The maximum Gasteiger partial charge on any atom is 0.222 e. The number of ether oxygens (including phenoxy) is 2. The minimum Gasteiger partial charge on any atom is -0.497 e. The average molecular weight is 404 g/mol. The number of rotatable bonds is 10. The molecule has 0 bridgehead atoms. The van der Waals surface area contributed by atoms with Gasteiger partial charge in [-0.3, -0.25) is 4.79 Å². The molecule has 0 saturated carbocycles. The zero-order chi connectivity index (χ0) is 21.5. The number of methoxy groups -OCH3 is 1. The van der Waals surface area contributed by atoms with Crippen molar-refractivity contribution in [1.82, 2.24) is 4.90 Å². The van der Waals surface area contributed by atoms with Crippen LogP contribution < -0.4 is 4.74 Å². The molecular formula is C25H41NO3. The number of amides is 1. The minimum absolute atomic E-state index is 0.0786. The Kier molecular flexibility index (Phi) is 8.57. The number of hydrogen-bond donors (Lipinski definition) is 0. The third-order valence-corrected chi connectivity index (χ3v) is 6.28. The highest BCUT2D eigenvalue weighted by Crippen LogP contribution is 2.45. The summed E-state index contributed by atoms with van der Waals surface area (Å²) in [6.07, 6.45) is 6.21. The van der Waals surface area contributed by atoms with Crippen molar-refractivity contribution in [2.45, 2.75) is 85.3 Å². The van der Waals surface area contributed by atoms with Crippen molar-refractivity contribution in [3.05, 3.63) is 29.8 Å². The van der Waals surface area contributed by atoms with Crippen molar-refractivity contribution in [2.75, 3.05) is 20.3 Å². The third kappa shape index (κ3) is 7.33. The van der Waals surface area contributed by atoms with Crippen molar-refractivity contribution in [3.63, 3.8) is 0 Å². The molecule has 0 aromatic heterocycles. The monoisotopic (exact) mass is 403 g/mol. The van der Waals surface area contributed by atoms with Crippen molar-refractivity contribution in [1.29, 1.82) is 0 Å². The van der Waals surface area contributed by atoms with Crippen LogP contribution >= 0.6 is 0 Å². The smallest absolute Gasteiger partial charge is 0.222 e. The molecule has 29 heavy (non-hydrogen) atoms. The van der Waals surface area contributed by atoms with Gasteiger partial charge in [0.05, 0.1) is 12.7 Å². The normalized spacial score (nSPS) is 21.2. The molecule has 0 aliphatic carbocycles. The SMILES string of the molecule is CCC(=O)N(CCC1(CCC(C)C)CCOC(C)(C)C1)Cc1ccc(OC)cc1. The fourth-order valence-corrected chi connectivity index (χ4v) is 4.57. The van der Waals surface area contributed by atoms with Crippen LogP contribution in [-0.2, 0) is 16.1 Å². The number of benzene rings is 1. The molecule has 2 rings (SSSR count). The first-order valence-corrected chi connectivity index (χ1v) is 11.2. The summed E-state index contributed by atoms with van der Waals surface area (Å²) >= 11 is 0. The lowest BCUT2D eigenvalue weighted by Gasteiger charge is -2.46. The van der Waals surface area contributed by atoms with E-state index < -0.39 is 0 Å². The Bertz CT molecular complexity index is 638. The summed E-state index contributed by atoms with van der Waals surface area (Å²) in [6.45, 7) is 13.3. The van der Waals surface area contributed by atoms with Gasteiger partial charge in [0, 0.05) is 26.1 Å². The average Bonchev–Trinajstić information content (AvgIpc) is 2.69. The third-order valence-electron chi connectivity index (χ3n) is 6.28. The number of hydrogen-bond acceptors (Lipinski definition) is 3. The van der Waals surface area contributed by atoms with Crippen LogP contribution in [-0.4, -0.2) is 36.7 Å². The highest BCUT2D eigenvalue weighted by molar-refractivity contribution is 5.75. The standard InChI is InChI=1S/C25H41NO3/c1-7-23(27)26(18-21-8-10-22(28-6)11-9-21)16-14-25(13-12-20(2)3)15-17-29-24(4,5)19-25/h8-11,20H,7,12-19H2,1-6H3. The fraction of sp³-hybridized carbons (Fsp3) is 0.720. The molecule has 1 unspecified atom stereocenters. The van der Waals surface area contributed by atoms with Crippen LogP contribution in [0.25, 0.3) is 0 Å². The summed E-state index contributed by atoms with van der Waals surface area (Å²) in [5.74, 6) is 1.77. The molecule has 1 aliphatic heterocycles. The number of carbonyl (C=O) groups excluding carboxylic acids is 1. The summed E-state index contributed by atoms with van der Waals surface area (Å²) in [6, 6.07) is 8.05. The fourth-order valence-electron chi connectivity index (χ4n) is 4.57. The van der Waals surface area contributed by atoms with E-state index in [0.717, 1.165) is 43.7 Å². The molecule has 4 heteroatoms. The van der Waals surface area contributed by atoms with E-state index in [4.69, 9.17) is 9.47 Å². The molecule has 1 atom stereocenters. The van der Waals surface area contributed by atoms with Crippen LogP contribution in [0.4, 0.5) is 0 Å². The molecule has 0 N–H and O–H groups in total. The molecular weight excluding hydrogens is 362 g/mol. The van der Waals surface area contributed by atoms with Crippen molar-refractivity contribution < 1.29 is 14.3 Å². The maximum absolute atomic E-state index is 12.7. The van der Waals surface area contributed by atoms with Gasteiger partial charge in [-0.1, -0.05) is 39.3 Å². The lowest BCUT2D eigenvalue weighted by molar-refractivity contribution is -0.133. The van der Waals surface area contributed by atoms with Crippen molar-refractivity contribution in [2.24, 2.45) is 11.3 Å². The summed E-state index contributed by atoms with van der Waals surface area (Å²) in [5.41, 5.74) is 1.33. The van der Waals surface area contributed by atoms with Gasteiger partial charge in [-0.15, -0.1) is 0 Å². The Hall–Kier alpha value is -1.55. The van der Waals surface area contributed by atoms with E-state index in [9.17, 15) is 4.79 Å². The minimum atomic E-state index is -0.0786. The van der Waals surface area contributed by atoms with Crippen LogP contribution in [0.3, 0.4) is 0 Å². The second-order valence-electron chi connectivity index (χ2n) is 9.73. The van der Waals surface area contributed by atoms with Gasteiger partial charge < -0.3 is 14.4 Å². The molecule has 164 valence electrons. The Morgan fingerprint density at radius 2 is 1.90 bits per heavy atom. The Morgan fingerprint density at radius 3 is 2.45 bits per heavy atom. The van der Waals surface area contributed by atoms with Gasteiger partial charge in [0.2, 0.25) is 5.91 Å². The molecule has 0 spiro atoms. The highest BCUT2D eigenvalue weighted by atomic mass is 16.5. The summed E-state index contributed by atoms with van der Waals surface area (Å²) in [5, 5.41) is 0. The first-order chi connectivity index (χ1) is 13.7. The first-order valence-electron chi connectivity index (χ1n) is 11.2. The molecule has 1 aliphatic rings. The van der Waals surface area contributed by atoms with Gasteiger partial charge in [-0.25, -0.2) is 0 Å².